The van der Waals surface area contributed by atoms with Crippen molar-refractivity contribution in [3.05, 3.63) is 23.0 Å². The summed E-state index contributed by atoms with van der Waals surface area (Å²) in [6.45, 7) is 1.37. The predicted molar refractivity (Wildman–Crippen MR) is 103 cm³/mol. The third-order valence-corrected chi connectivity index (χ3v) is 7.12. The average molecular weight is 483 g/mol. The third kappa shape index (κ3) is 4.90. The molecule has 0 bridgehead atoms. The summed E-state index contributed by atoms with van der Waals surface area (Å²) in [6, 6.07) is 1.44. The second-order valence-electron chi connectivity index (χ2n) is 7.79. The molecule has 32 heavy (non-hydrogen) atoms. The molecule has 1 aliphatic carbocycles. The standard InChI is InChI=1S/C16H20FN3O4S.C2HF3O2/c17-15-12-5-9(11-3-4-18-7-11)1-2-10(12)6-13(21)16(15)20-8-14(22)19-25(20,23)24;3-2(4,5)1(6)7/h6,9,11,18,21H,1-5,7-8H2,(H,19,22);(H,6,7). The van der Waals surface area contributed by atoms with Crippen LogP contribution in [0.2, 0.25) is 0 Å². The largest absolute Gasteiger partial charge is 0.506 e. The first-order valence-corrected chi connectivity index (χ1v) is 11.1. The molecule has 9 nitrogen and oxygen atoms in total. The highest BCUT2D eigenvalue weighted by molar-refractivity contribution is 7.92. The summed E-state index contributed by atoms with van der Waals surface area (Å²) in [5, 5.41) is 20.7. The van der Waals surface area contributed by atoms with Gasteiger partial charge in [0.25, 0.3) is 5.91 Å². The summed E-state index contributed by atoms with van der Waals surface area (Å²) in [7, 11) is -4.17. The van der Waals surface area contributed by atoms with Crippen molar-refractivity contribution in [3.8, 4) is 5.75 Å². The van der Waals surface area contributed by atoms with Gasteiger partial charge in [0.15, 0.2) is 5.82 Å². The summed E-state index contributed by atoms with van der Waals surface area (Å²) in [5.74, 6) is -3.85. The molecule has 4 rings (SSSR count). The van der Waals surface area contributed by atoms with E-state index in [1.807, 2.05) is 0 Å². The minimum atomic E-state index is -5.08. The number of hydrogen-bond acceptors (Lipinski definition) is 6. The fourth-order valence-corrected chi connectivity index (χ4v) is 5.39. The molecule has 0 saturated carbocycles. The van der Waals surface area contributed by atoms with Crippen molar-refractivity contribution < 1.29 is 45.8 Å². The topological polar surface area (TPSA) is 136 Å². The number of benzene rings is 1. The van der Waals surface area contributed by atoms with Crippen molar-refractivity contribution >= 4 is 27.8 Å². The number of phenolic OH excluding ortho intramolecular Hbond substituents is 1. The number of carboxylic acid groups (broad SMARTS) is 1. The molecule has 2 aliphatic heterocycles. The summed E-state index contributed by atoms with van der Waals surface area (Å²) in [5.41, 5.74) is 0.754. The van der Waals surface area contributed by atoms with E-state index in [1.54, 1.807) is 4.72 Å². The Morgan fingerprint density at radius 1 is 1.22 bits per heavy atom. The number of fused-ring (bicyclic) bond motifs is 1. The lowest BCUT2D eigenvalue weighted by atomic mass is 9.76. The van der Waals surface area contributed by atoms with Gasteiger partial charge in [0.2, 0.25) is 0 Å². The van der Waals surface area contributed by atoms with Crippen LogP contribution in [-0.4, -0.2) is 56.3 Å². The van der Waals surface area contributed by atoms with Gasteiger partial charge in [-0.3, -0.25) is 4.79 Å². The van der Waals surface area contributed by atoms with Crippen molar-refractivity contribution in [1.82, 2.24) is 10.0 Å². The molecular weight excluding hydrogens is 462 g/mol. The number of nitrogens with zero attached hydrogens (tertiary/aromatic N) is 1. The molecule has 1 aromatic rings. The lowest BCUT2D eigenvalue weighted by Gasteiger charge is -2.30. The number of halogens is 4. The van der Waals surface area contributed by atoms with E-state index in [0.29, 0.717) is 34.5 Å². The van der Waals surface area contributed by atoms with E-state index >= 15 is 4.39 Å². The first kappa shape index (κ1) is 24.0. The third-order valence-electron chi connectivity index (χ3n) is 5.74. The maximum atomic E-state index is 15.2. The molecule has 2 heterocycles. The highest BCUT2D eigenvalue weighted by Crippen LogP contribution is 2.42. The van der Waals surface area contributed by atoms with Crippen LogP contribution in [0.25, 0.3) is 0 Å². The molecule has 1 amide bonds. The Morgan fingerprint density at radius 2 is 1.88 bits per heavy atom. The van der Waals surface area contributed by atoms with Gasteiger partial charge in [0.05, 0.1) is 0 Å². The zero-order valence-electron chi connectivity index (χ0n) is 16.6. The van der Waals surface area contributed by atoms with Gasteiger partial charge in [0.1, 0.15) is 18.0 Å². The number of hydrogen-bond donors (Lipinski definition) is 4. The number of carbonyl (C=O) groups excluding carboxylic acids is 1. The number of alkyl halides is 3. The molecule has 3 aliphatic rings. The molecule has 2 fully saturated rings. The molecule has 0 spiro atoms. The number of anilines is 1. The van der Waals surface area contributed by atoms with E-state index in [4.69, 9.17) is 9.90 Å². The molecule has 14 heteroatoms. The van der Waals surface area contributed by atoms with Gasteiger partial charge in [-0.1, -0.05) is 0 Å². The van der Waals surface area contributed by atoms with Gasteiger partial charge in [-0.15, -0.1) is 0 Å². The van der Waals surface area contributed by atoms with Crippen LogP contribution in [0.5, 0.6) is 5.75 Å². The SMILES string of the molecule is O=C(O)C(F)(F)F.O=C1CN(c2c(O)cc3c(c2F)CC(C2CCNC2)CC3)S(=O)(=O)N1. The second kappa shape index (κ2) is 8.73. The number of aliphatic carboxylic acids is 1. The second-order valence-corrected chi connectivity index (χ2v) is 9.39. The number of rotatable bonds is 2. The van der Waals surface area contributed by atoms with Gasteiger partial charge in [-0.2, -0.15) is 21.6 Å². The molecule has 0 radical (unpaired) electrons. The highest BCUT2D eigenvalue weighted by Gasteiger charge is 2.40. The highest BCUT2D eigenvalue weighted by atomic mass is 32.2. The van der Waals surface area contributed by atoms with E-state index in [1.165, 1.54) is 6.07 Å². The van der Waals surface area contributed by atoms with Crippen LogP contribution < -0.4 is 14.3 Å². The number of amides is 1. The number of phenols is 1. The zero-order valence-corrected chi connectivity index (χ0v) is 17.4. The van der Waals surface area contributed by atoms with Crippen LogP contribution in [0.15, 0.2) is 6.07 Å². The number of aryl methyl sites for hydroxylation is 1. The van der Waals surface area contributed by atoms with Crippen molar-refractivity contribution in [3.63, 3.8) is 0 Å². The summed E-state index contributed by atoms with van der Waals surface area (Å²) in [4.78, 5) is 20.3. The van der Waals surface area contributed by atoms with E-state index in [9.17, 15) is 31.5 Å². The van der Waals surface area contributed by atoms with Crippen molar-refractivity contribution in [2.24, 2.45) is 11.8 Å². The van der Waals surface area contributed by atoms with Gasteiger partial charge >= 0.3 is 22.4 Å². The normalized spacial score (nSPS) is 24.4. The van der Waals surface area contributed by atoms with Crippen molar-refractivity contribution in [2.45, 2.75) is 31.9 Å². The molecule has 4 N–H and O–H groups in total. The molecule has 2 unspecified atom stereocenters. The van der Waals surface area contributed by atoms with Crippen LogP contribution in [0.4, 0.5) is 23.2 Å². The average Bonchev–Trinajstić information content (AvgIpc) is 3.29. The van der Waals surface area contributed by atoms with Crippen LogP contribution in [0.1, 0.15) is 24.0 Å². The van der Waals surface area contributed by atoms with Gasteiger partial charge in [0, 0.05) is 0 Å². The number of carbonyl (C=O) groups is 2. The van der Waals surface area contributed by atoms with Crippen LogP contribution in [0, 0.1) is 17.7 Å². The van der Waals surface area contributed by atoms with Gasteiger partial charge < -0.3 is 15.5 Å². The lowest BCUT2D eigenvalue weighted by Crippen LogP contribution is -2.31. The quantitative estimate of drug-likeness (QED) is 0.462. The Kier molecular flexibility index (Phi) is 6.56. The number of carboxylic acids is 1. The van der Waals surface area contributed by atoms with E-state index in [2.05, 4.69) is 5.32 Å². The van der Waals surface area contributed by atoms with Crippen LogP contribution >= 0.6 is 0 Å². The molecule has 0 aromatic heterocycles. The zero-order chi connectivity index (χ0) is 23.8. The Labute approximate surface area is 180 Å². The fourth-order valence-electron chi connectivity index (χ4n) is 4.23. The number of nitrogens with one attached hydrogen (secondary N) is 2. The first-order chi connectivity index (χ1) is 14.8. The maximum absolute atomic E-state index is 15.2. The molecule has 1 aromatic carbocycles. The Balaban J connectivity index is 0.000000360. The maximum Gasteiger partial charge on any atom is 0.490 e. The first-order valence-electron chi connectivity index (χ1n) is 9.68. The minimum absolute atomic E-state index is 0.337. The lowest BCUT2D eigenvalue weighted by molar-refractivity contribution is -0.192. The smallest absolute Gasteiger partial charge is 0.490 e. The molecular formula is C18H21F4N3O6S. The Bertz CT molecular complexity index is 1020. The van der Waals surface area contributed by atoms with Crippen molar-refractivity contribution in [1.29, 1.82) is 0 Å². The van der Waals surface area contributed by atoms with E-state index in [-0.39, 0.29) is 0 Å². The van der Waals surface area contributed by atoms with Crippen molar-refractivity contribution in [2.75, 3.05) is 23.9 Å². The van der Waals surface area contributed by atoms with E-state index in [0.717, 1.165) is 31.5 Å². The summed E-state index contributed by atoms with van der Waals surface area (Å²) in [6.07, 6.45) is -1.91. The molecule has 178 valence electrons. The van der Waals surface area contributed by atoms with E-state index < -0.39 is 52.1 Å². The Hall–Kier alpha value is -2.61. The summed E-state index contributed by atoms with van der Waals surface area (Å²) >= 11 is 0. The van der Waals surface area contributed by atoms with Crippen LogP contribution in [0.3, 0.4) is 0 Å². The van der Waals surface area contributed by atoms with Gasteiger partial charge in [-0.05, 0) is 67.8 Å². The van der Waals surface area contributed by atoms with Gasteiger partial charge in [-0.25, -0.2) is 18.2 Å². The molecule has 2 saturated heterocycles. The fraction of sp³-hybridized carbons (Fsp3) is 0.556. The van der Waals surface area contributed by atoms with Crippen LogP contribution in [-0.2, 0) is 32.6 Å². The molecule has 2 atom stereocenters. The Morgan fingerprint density at radius 3 is 2.38 bits per heavy atom. The minimum Gasteiger partial charge on any atom is -0.506 e. The summed E-state index contributed by atoms with van der Waals surface area (Å²) < 4.78 is 73.4. The monoisotopic (exact) mass is 483 g/mol. The number of aromatic hydroxyl groups is 1. The predicted octanol–water partition coefficient (Wildman–Crippen LogP) is 1.06.